The van der Waals surface area contributed by atoms with E-state index in [1.807, 2.05) is 97.1 Å². The molecule has 4 aliphatic carbocycles. The predicted octanol–water partition coefficient (Wildman–Crippen LogP) is 8.24. The minimum absolute atomic E-state index is 0.519. The lowest BCUT2D eigenvalue weighted by Crippen LogP contribution is -2.27. The third-order valence-corrected chi connectivity index (χ3v) is 9.89. The Morgan fingerprint density at radius 1 is 0.660 bits per heavy atom. The molecule has 47 heavy (non-hydrogen) atoms. The Labute approximate surface area is 276 Å². The molecule has 2 N–H and O–H groups in total. The first-order valence-corrected chi connectivity index (χ1v) is 16.5. The maximum Gasteiger partial charge on any atom is 0.141 e. The molecule has 4 aromatic carbocycles. The van der Waals surface area contributed by atoms with Gasteiger partial charge in [0.05, 0.1) is 13.2 Å². The summed E-state index contributed by atoms with van der Waals surface area (Å²) in [7, 11) is 0. The maximum atomic E-state index is 12.1. The first-order chi connectivity index (χ1) is 23.1. The van der Waals surface area contributed by atoms with Gasteiger partial charge in [0.25, 0.3) is 0 Å². The van der Waals surface area contributed by atoms with Crippen LogP contribution in [0.5, 0.6) is 11.5 Å². The molecule has 0 bridgehead atoms. The average molecular weight is 617 g/mol. The molecule has 0 aliphatic heterocycles. The zero-order valence-electron chi connectivity index (χ0n) is 26.2. The van der Waals surface area contributed by atoms with Crippen LogP contribution in [0.15, 0.2) is 133 Å². The monoisotopic (exact) mass is 616 g/mol. The molecule has 0 fully saturated rings. The molecule has 4 aliphatic rings. The van der Waals surface area contributed by atoms with Crippen LogP contribution >= 0.6 is 0 Å². The van der Waals surface area contributed by atoms with Crippen LogP contribution in [0.3, 0.4) is 0 Å². The molecule has 8 rings (SSSR count). The molecule has 2 unspecified atom stereocenters. The lowest BCUT2D eigenvalue weighted by Gasteiger charge is -2.28. The lowest BCUT2D eigenvalue weighted by atomic mass is 9.82. The van der Waals surface area contributed by atoms with Gasteiger partial charge in [-0.1, -0.05) is 96.8 Å². The zero-order valence-corrected chi connectivity index (χ0v) is 26.2. The van der Waals surface area contributed by atoms with Crippen molar-refractivity contribution in [1.29, 1.82) is 0 Å². The van der Waals surface area contributed by atoms with Crippen molar-refractivity contribution < 1.29 is 19.7 Å². The van der Waals surface area contributed by atoms with E-state index >= 15 is 0 Å². The molecule has 0 heterocycles. The molecule has 232 valence electrons. The number of hydrogen-bond acceptors (Lipinski definition) is 4. The van der Waals surface area contributed by atoms with Gasteiger partial charge in [-0.15, -0.1) is 0 Å². The topological polar surface area (TPSA) is 58.9 Å². The van der Waals surface area contributed by atoms with Crippen LogP contribution in [-0.2, 0) is 11.2 Å². The van der Waals surface area contributed by atoms with Gasteiger partial charge in [0.1, 0.15) is 22.7 Å². The van der Waals surface area contributed by atoms with Crippen LogP contribution in [0.25, 0.3) is 11.1 Å². The van der Waals surface area contributed by atoms with Gasteiger partial charge in [-0.3, -0.25) is 0 Å². The van der Waals surface area contributed by atoms with Crippen LogP contribution in [-0.4, -0.2) is 23.4 Å². The first kappa shape index (κ1) is 29.3. The van der Waals surface area contributed by atoms with E-state index in [1.54, 1.807) is 0 Å². The maximum absolute atomic E-state index is 12.1. The molecular weight excluding hydrogens is 580 g/mol. The van der Waals surface area contributed by atoms with Gasteiger partial charge < -0.3 is 19.7 Å². The highest BCUT2D eigenvalue weighted by molar-refractivity contribution is 5.88. The summed E-state index contributed by atoms with van der Waals surface area (Å²) in [6.07, 6.45) is 12.3. The molecule has 4 aromatic rings. The summed E-state index contributed by atoms with van der Waals surface area (Å²) >= 11 is 0. The minimum Gasteiger partial charge on any atom is -0.494 e. The van der Waals surface area contributed by atoms with Gasteiger partial charge in [-0.2, -0.15) is 0 Å². The summed E-state index contributed by atoms with van der Waals surface area (Å²) in [6, 6.07) is 31.9. The van der Waals surface area contributed by atoms with E-state index in [0.29, 0.717) is 19.6 Å². The van der Waals surface area contributed by atoms with E-state index in [-0.39, 0.29) is 0 Å². The van der Waals surface area contributed by atoms with Gasteiger partial charge in [-0.05, 0) is 107 Å². The minimum atomic E-state index is -1.21. The van der Waals surface area contributed by atoms with Crippen molar-refractivity contribution in [2.45, 2.75) is 43.3 Å². The van der Waals surface area contributed by atoms with Crippen LogP contribution < -0.4 is 9.47 Å². The number of hydrogen-bond donors (Lipinski definition) is 2. The predicted molar refractivity (Wildman–Crippen MR) is 186 cm³/mol. The average Bonchev–Trinajstić information content (AvgIpc) is 3.36. The second-order valence-electron chi connectivity index (χ2n) is 12.5. The van der Waals surface area contributed by atoms with Crippen LogP contribution in [0.1, 0.15) is 65.5 Å². The Morgan fingerprint density at radius 3 is 1.94 bits per heavy atom. The van der Waals surface area contributed by atoms with Crippen molar-refractivity contribution in [3.05, 3.63) is 166 Å². The number of rotatable bonds is 9. The third kappa shape index (κ3) is 4.86. The van der Waals surface area contributed by atoms with Crippen molar-refractivity contribution in [2.75, 3.05) is 13.2 Å². The van der Waals surface area contributed by atoms with Crippen molar-refractivity contribution >= 4 is 11.1 Å². The normalized spacial score (nSPS) is 21.7. The Morgan fingerprint density at radius 2 is 1.26 bits per heavy atom. The highest BCUT2D eigenvalue weighted by atomic mass is 16.5. The molecule has 2 atom stereocenters. The van der Waals surface area contributed by atoms with E-state index in [4.69, 9.17) is 9.47 Å². The van der Waals surface area contributed by atoms with E-state index < -0.39 is 11.2 Å². The number of aliphatic hydroxyl groups is 2. The molecular formula is C43H36O4. The van der Waals surface area contributed by atoms with Crippen LogP contribution in [0.2, 0.25) is 0 Å². The summed E-state index contributed by atoms with van der Waals surface area (Å²) in [4.78, 5) is 0. The summed E-state index contributed by atoms with van der Waals surface area (Å²) in [5.41, 5.74) is 7.59. The van der Waals surface area contributed by atoms with Crippen molar-refractivity contribution in [3.8, 4) is 23.3 Å². The number of benzene rings is 4. The van der Waals surface area contributed by atoms with E-state index in [0.717, 1.165) is 87.3 Å². The Balaban J connectivity index is 0.858. The zero-order chi connectivity index (χ0) is 31.8. The van der Waals surface area contributed by atoms with Gasteiger partial charge in [0.15, 0.2) is 0 Å². The number of unbranched alkanes of at least 4 members (excludes halogenated alkanes) is 1. The molecule has 4 heteroatoms. The lowest BCUT2D eigenvalue weighted by molar-refractivity contribution is 0.123. The summed E-state index contributed by atoms with van der Waals surface area (Å²) in [5, 5.41) is 24.2. The second kappa shape index (κ2) is 11.9. The van der Waals surface area contributed by atoms with E-state index in [2.05, 4.69) is 36.1 Å². The molecule has 0 spiro atoms. The first-order valence-electron chi connectivity index (χ1n) is 16.5. The summed E-state index contributed by atoms with van der Waals surface area (Å²) in [5.74, 6) is 7.78. The molecule has 0 amide bonds. The molecule has 0 aromatic heterocycles. The quantitative estimate of drug-likeness (QED) is 0.147. The smallest absolute Gasteiger partial charge is 0.141 e. The van der Waals surface area contributed by atoms with E-state index in [9.17, 15) is 10.2 Å². The van der Waals surface area contributed by atoms with Crippen LogP contribution in [0, 0.1) is 11.8 Å². The molecule has 0 radical (unpaired) electrons. The Kier molecular flexibility index (Phi) is 7.45. The number of ether oxygens (including phenoxy) is 2. The van der Waals surface area contributed by atoms with Crippen LogP contribution in [0.4, 0.5) is 0 Å². The van der Waals surface area contributed by atoms with Gasteiger partial charge in [0.2, 0.25) is 0 Å². The Hall–Kier alpha value is -5.08. The standard InChI is InChI=1S/C43H36O4/c44-42(38-16-3-1-2-12-34(38)35-13-4-7-17-39(35)42)30-20-24-32(25-21-30)46-28-10-11-29-47-33-26-22-31(23-27-33)43(45)40-18-8-5-14-36(40)37-15-6-9-19-41(37)43/h2,4-5,7-9,12-14,17-27,44-45H,6,10-11,15-16,28-29H2. The summed E-state index contributed by atoms with van der Waals surface area (Å²) < 4.78 is 12.1. The molecule has 4 nitrogen and oxygen atoms in total. The van der Waals surface area contributed by atoms with Gasteiger partial charge in [0, 0.05) is 17.5 Å². The highest BCUT2D eigenvalue weighted by Gasteiger charge is 2.45. The van der Waals surface area contributed by atoms with Crippen molar-refractivity contribution in [1.82, 2.24) is 0 Å². The highest BCUT2D eigenvalue weighted by Crippen LogP contribution is 2.53. The van der Waals surface area contributed by atoms with Crippen molar-refractivity contribution in [3.63, 3.8) is 0 Å². The largest absolute Gasteiger partial charge is 0.494 e. The summed E-state index contributed by atoms with van der Waals surface area (Å²) in [6.45, 7) is 1.15. The number of fused-ring (bicyclic) bond motifs is 4. The van der Waals surface area contributed by atoms with E-state index in [1.165, 1.54) is 5.57 Å². The third-order valence-electron chi connectivity index (χ3n) is 9.89. The van der Waals surface area contributed by atoms with Gasteiger partial charge in [-0.25, -0.2) is 0 Å². The fraction of sp³-hybridized carbons (Fsp3) is 0.209. The fourth-order valence-corrected chi connectivity index (χ4v) is 7.59. The van der Waals surface area contributed by atoms with Crippen molar-refractivity contribution in [2.24, 2.45) is 0 Å². The molecule has 0 saturated heterocycles. The molecule has 0 saturated carbocycles. The fourth-order valence-electron chi connectivity index (χ4n) is 7.59. The number of allylic oxidation sites excluding steroid dienone is 5. The SMILES string of the molecule is OC1(c2ccc(OCCCCOc3ccc(C4(O)C5=C(C=CC#CC5)c5ccccc54)cc3)cc2)C2=C(CCC=C2)c2ccccc21. The van der Waals surface area contributed by atoms with Gasteiger partial charge >= 0.3 is 0 Å². The second-order valence-corrected chi connectivity index (χ2v) is 12.5. The Bertz CT molecular complexity index is 2030.